The van der Waals surface area contributed by atoms with Crippen molar-refractivity contribution in [3.8, 4) is 5.75 Å². The first-order chi connectivity index (χ1) is 9.61. The second-order valence-corrected chi connectivity index (χ2v) is 5.89. The lowest BCUT2D eigenvalue weighted by Gasteiger charge is -2.16. The molecule has 0 amide bonds. The van der Waals surface area contributed by atoms with Crippen LogP contribution in [0.25, 0.3) is 0 Å². The Morgan fingerprint density at radius 2 is 1.95 bits per heavy atom. The van der Waals surface area contributed by atoms with Gasteiger partial charge in [-0.1, -0.05) is 54.0 Å². The highest BCUT2D eigenvalue weighted by Crippen LogP contribution is 2.29. The molecular formula is C17H20BrNO. The van der Waals surface area contributed by atoms with Gasteiger partial charge in [0.15, 0.2) is 0 Å². The summed E-state index contributed by atoms with van der Waals surface area (Å²) in [5.41, 5.74) is 9.01. The molecule has 1 unspecified atom stereocenters. The van der Waals surface area contributed by atoms with Crippen LogP contribution in [-0.2, 0) is 6.61 Å². The number of halogens is 1. The molecule has 1 atom stereocenters. The summed E-state index contributed by atoms with van der Waals surface area (Å²) < 4.78 is 6.96. The lowest BCUT2D eigenvalue weighted by atomic mass is 9.98. The SMILES string of the molecule is CCC(C)c1ccccc1OCc1ccc(Br)cc1N. The van der Waals surface area contributed by atoms with Crippen molar-refractivity contribution in [1.82, 2.24) is 0 Å². The number of anilines is 1. The Kier molecular flexibility index (Phi) is 5.07. The number of ether oxygens (including phenoxy) is 1. The van der Waals surface area contributed by atoms with E-state index >= 15 is 0 Å². The third-order valence-corrected chi connectivity index (χ3v) is 4.05. The average molecular weight is 334 g/mol. The Morgan fingerprint density at radius 3 is 2.65 bits per heavy atom. The van der Waals surface area contributed by atoms with Crippen LogP contribution in [0.3, 0.4) is 0 Å². The Hall–Kier alpha value is -1.48. The molecule has 0 fully saturated rings. The van der Waals surface area contributed by atoms with Crippen molar-refractivity contribution in [2.24, 2.45) is 0 Å². The zero-order chi connectivity index (χ0) is 14.5. The Labute approximate surface area is 129 Å². The summed E-state index contributed by atoms with van der Waals surface area (Å²) in [6.45, 7) is 4.90. The number of rotatable bonds is 5. The van der Waals surface area contributed by atoms with Crippen LogP contribution in [0.4, 0.5) is 5.69 Å². The quantitative estimate of drug-likeness (QED) is 0.770. The van der Waals surface area contributed by atoms with Gasteiger partial charge in [-0.3, -0.25) is 0 Å². The van der Waals surface area contributed by atoms with Crippen LogP contribution >= 0.6 is 15.9 Å². The topological polar surface area (TPSA) is 35.2 Å². The average Bonchev–Trinajstić information content (AvgIpc) is 2.46. The number of benzene rings is 2. The zero-order valence-corrected chi connectivity index (χ0v) is 13.5. The number of para-hydroxylation sites is 1. The highest BCUT2D eigenvalue weighted by Gasteiger charge is 2.10. The number of nitrogens with two attached hydrogens (primary N) is 1. The molecule has 0 aliphatic carbocycles. The van der Waals surface area contributed by atoms with Crippen LogP contribution in [0.2, 0.25) is 0 Å². The molecule has 0 bridgehead atoms. The van der Waals surface area contributed by atoms with Gasteiger partial charge in [-0.25, -0.2) is 0 Å². The molecule has 106 valence electrons. The van der Waals surface area contributed by atoms with Crippen LogP contribution in [0.1, 0.15) is 37.3 Å². The number of hydrogen-bond acceptors (Lipinski definition) is 2. The molecule has 0 saturated carbocycles. The summed E-state index contributed by atoms with van der Waals surface area (Å²) in [4.78, 5) is 0. The molecule has 2 nitrogen and oxygen atoms in total. The third kappa shape index (κ3) is 3.54. The van der Waals surface area contributed by atoms with Crippen molar-refractivity contribution >= 4 is 21.6 Å². The molecule has 2 rings (SSSR count). The van der Waals surface area contributed by atoms with Gasteiger partial charge in [0.1, 0.15) is 12.4 Å². The van der Waals surface area contributed by atoms with Gasteiger partial charge in [-0.2, -0.15) is 0 Å². The van der Waals surface area contributed by atoms with Gasteiger partial charge in [0.05, 0.1) is 0 Å². The van der Waals surface area contributed by atoms with Crippen LogP contribution < -0.4 is 10.5 Å². The van der Waals surface area contributed by atoms with Crippen molar-refractivity contribution < 1.29 is 4.74 Å². The molecule has 0 aliphatic heterocycles. The van der Waals surface area contributed by atoms with Crippen molar-refractivity contribution in [2.75, 3.05) is 5.73 Å². The third-order valence-electron chi connectivity index (χ3n) is 3.55. The van der Waals surface area contributed by atoms with Gasteiger partial charge < -0.3 is 10.5 Å². The highest BCUT2D eigenvalue weighted by atomic mass is 79.9. The van der Waals surface area contributed by atoms with Crippen molar-refractivity contribution in [3.63, 3.8) is 0 Å². The van der Waals surface area contributed by atoms with E-state index in [0.717, 1.165) is 27.9 Å². The van der Waals surface area contributed by atoms with Crippen molar-refractivity contribution in [3.05, 3.63) is 58.1 Å². The van der Waals surface area contributed by atoms with E-state index in [2.05, 4.69) is 41.9 Å². The van der Waals surface area contributed by atoms with E-state index in [9.17, 15) is 0 Å². The minimum absolute atomic E-state index is 0.493. The predicted octanol–water partition coefficient (Wildman–Crippen LogP) is 5.12. The minimum Gasteiger partial charge on any atom is -0.489 e. The fraction of sp³-hybridized carbons (Fsp3) is 0.294. The summed E-state index contributed by atoms with van der Waals surface area (Å²) in [6.07, 6.45) is 1.10. The molecule has 0 heterocycles. The molecule has 0 aromatic heterocycles. The maximum atomic E-state index is 6.00. The zero-order valence-electron chi connectivity index (χ0n) is 11.9. The van der Waals surface area contributed by atoms with Gasteiger partial charge in [0, 0.05) is 15.7 Å². The fourth-order valence-corrected chi connectivity index (χ4v) is 2.47. The smallest absolute Gasteiger partial charge is 0.123 e. The van der Waals surface area contributed by atoms with E-state index in [-0.39, 0.29) is 0 Å². The molecule has 0 aliphatic rings. The highest BCUT2D eigenvalue weighted by molar-refractivity contribution is 9.10. The predicted molar refractivity (Wildman–Crippen MR) is 88.0 cm³/mol. The van der Waals surface area contributed by atoms with Gasteiger partial charge in [0.2, 0.25) is 0 Å². The largest absolute Gasteiger partial charge is 0.489 e. The first kappa shape index (κ1) is 14.9. The molecule has 3 heteroatoms. The summed E-state index contributed by atoms with van der Waals surface area (Å²) in [6, 6.07) is 14.1. The summed E-state index contributed by atoms with van der Waals surface area (Å²) in [7, 11) is 0. The Balaban J connectivity index is 2.15. The first-order valence-electron chi connectivity index (χ1n) is 6.87. The normalized spacial score (nSPS) is 12.2. The van der Waals surface area contributed by atoms with Gasteiger partial charge in [-0.15, -0.1) is 0 Å². The van der Waals surface area contributed by atoms with Crippen LogP contribution in [-0.4, -0.2) is 0 Å². The van der Waals surface area contributed by atoms with E-state index in [4.69, 9.17) is 10.5 Å². The van der Waals surface area contributed by atoms with Crippen LogP contribution in [0, 0.1) is 0 Å². The van der Waals surface area contributed by atoms with Gasteiger partial charge in [-0.05, 0) is 36.1 Å². The fourth-order valence-electron chi connectivity index (χ4n) is 2.09. The molecular weight excluding hydrogens is 314 g/mol. The molecule has 0 saturated heterocycles. The Morgan fingerprint density at radius 1 is 1.20 bits per heavy atom. The Bertz CT molecular complexity index is 583. The summed E-state index contributed by atoms with van der Waals surface area (Å²) in [5, 5.41) is 0. The maximum absolute atomic E-state index is 6.00. The molecule has 2 aromatic carbocycles. The standard InChI is InChI=1S/C17H20BrNO/c1-3-12(2)15-6-4-5-7-17(15)20-11-13-8-9-14(18)10-16(13)19/h4-10,12H,3,11,19H2,1-2H3. The van der Waals surface area contributed by atoms with Gasteiger partial charge >= 0.3 is 0 Å². The van der Waals surface area contributed by atoms with E-state index < -0.39 is 0 Å². The first-order valence-corrected chi connectivity index (χ1v) is 7.66. The van der Waals surface area contributed by atoms with E-state index in [1.54, 1.807) is 0 Å². The molecule has 2 N–H and O–H groups in total. The molecule has 0 radical (unpaired) electrons. The number of nitrogen functional groups attached to an aromatic ring is 1. The monoisotopic (exact) mass is 333 g/mol. The lowest BCUT2D eigenvalue weighted by molar-refractivity contribution is 0.302. The summed E-state index contributed by atoms with van der Waals surface area (Å²) in [5.74, 6) is 1.44. The lowest BCUT2D eigenvalue weighted by Crippen LogP contribution is -2.03. The van der Waals surface area contributed by atoms with Crippen molar-refractivity contribution in [2.45, 2.75) is 32.8 Å². The molecule has 0 spiro atoms. The van der Waals surface area contributed by atoms with E-state index in [1.807, 2.05) is 30.3 Å². The van der Waals surface area contributed by atoms with Crippen molar-refractivity contribution in [1.29, 1.82) is 0 Å². The summed E-state index contributed by atoms with van der Waals surface area (Å²) >= 11 is 3.41. The number of hydrogen-bond donors (Lipinski definition) is 1. The second-order valence-electron chi connectivity index (χ2n) is 4.98. The molecule has 20 heavy (non-hydrogen) atoms. The van der Waals surface area contributed by atoms with E-state index in [1.165, 1.54) is 5.56 Å². The molecule has 2 aromatic rings. The second kappa shape index (κ2) is 6.80. The minimum atomic E-state index is 0.493. The maximum Gasteiger partial charge on any atom is 0.123 e. The van der Waals surface area contributed by atoms with Crippen LogP contribution in [0.5, 0.6) is 5.75 Å². The van der Waals surface area contributed by atoms with E-state index in [0.29, 0.717) is 12.5 Å². The van der Waals surface area contributed by atoms with Gasteiger partial charge in [0.25, 0.3) is 0 Å². The van der Waals surface area contributed by atoms with Crippen LogP contribution in [0.15, 0.2) is 46.9 Å².